The van der Waals surface area contributed by atoms with Crippen LogP contribution in [0.4, 0.5) is 10.6 Å². The molecule has 1 aromatic carbocycles. The highest BCUT2D eigenvalue weighted by atomic mass is 35.5. The van der Waals surface area contributed by atoms with Gasteiger partial charge in [0.05, 0.1) is 18.9 Å². The number of carbonyl (C=O) groups is 1. The highest BCUT2D eigenvalue weighted by Crippen LogP contribution is 2.32. The number of aromatic nitrogens is 1. The summed E-state index contributed by atoms with van der Waals surface area (Å²) < 4.78 is 11.1. The topological polar surface area (TPSA) is 63.7 Å². The number of ether oxygens (including phenoxy) is 2. The molecular weight excluding hydrogens is 378 g/mol. The van der Waals surface area contributed by atoms with Gasteiger partial charge >= 0.3 is 6.09 Å². The molecule has 0 saturated carbocycles. The van der Waals surface area contributed by atoms with Crippen molar-refractivity contribution in [2.45, 2.75) is 33.2 Å². The standard InChI is InChI=1S/C21H26ClN3O3/c1-14(2)19-20(15(3)12-18(24-19)25-8-10-27-11-9-25)28-21(26)23-13-16-4-6-17(22)7-5-16/h4-7,12,14H,8-11,13H2,1-3H3,(H,23,26). The van der Waals surface area contributed by atoms with Crippen LogP contribution in [0.3, 0.4) is 0 Å². The van der Waals surface area contributed by atoms with Crippen molar-refractivity contribution < 1.29 is 14.3 Å². The Morgan fingerprint density at radius 3 is 2.61 bits per heavy atom. The molecule has 2 heterocycles. The highest BCUT2D eigenvalue weighted by Gasteiger charge is 2.21. The highest BCUT2D eigenvalue weighted by molar-refractivity contribution is 6.30. The SMILES string of the molecule is Cc1cc(N2CCOCC2)nc(C(C)C)c1OC(=O)NCc1ccc(Cl)cc1. The van der Waals surface area contributed by atoms with Gasteiger partial charge in [-0.25, -0.2) is 9.78 Å². The summed E-state index contributed by atoms with van der Waals surface area (Å²) in [5, 5.41) is 3.44. The van der Waals surface area contributed by atoms with E-state index < -0.39 is 6.09 Å². The fourth-order valence-corrected chi connectivity index (χ4v) is 3.18. The molecule has 150 valence electrons. The van der Waals surface area contributed by atoms with E-state index in [9.17, 15) is 4.79 Å². The summed E-state index contributed by atoms with van der Waals surface area (Å²) in [4.78, 5) is 19.3. The third kappa shape index (κ3) is 5.14. The summed E-state index contributed by atoms with van der Waals surface area (Å²) in [5.41, 5.74) is 2.62. The second kappa shape index (κ2) is 9.26. The minimum Gasteiger partial charge on any atom is -0.408 e. The van der Waals surface area contributed by atoms with Crippen molar-refractivity contribution in [3.8, 4) is 5.75 Å². The fourth-order valence-electron chi connectivity index (χ4n) is 3.05. The van der Waals surface area contributed by atoms with E-state index in [1.165, 1.54) is 0 Å². The molecule has 28 heavy (non-hydrogen) atoms. The van der Waals surface area contributed by atoms with Gasteiger partial charge in [0.1, 0.15) is 5.82 Å². The number of hydrogen-bond acceptors (Lipinski definition) is 5. The molecule has 0 spiro atoms. The maximum atomic E-state index is 12.4. The zero-order valence-corrected chi connectivity index (χ0v) is 17.3. The van der Waals surface area contributed by atoms with E-state index in [4.69, 9.17) is 26.1 Å². The van der Waals surface area contributed by atoms with Crippen molar-refractivity contribution >= 4 is 23.5 Å². The molecule has 6 nitrogen and oxygen atoms in total. The molecule has 0 aliphatic carbocycles. The maximum absolute atomic E-state index is 12.4. The zero-order valence-electron chi connectivity index (χ0n) is 16.5. The Bertz CT molecular complexity index is 818. The zero-order chi connectivity index (χ0) is 20.1. The lowest BCUT2D eigenvalue weighted by molar-refractivity contribution is 0.122. The monoisotopic (exact) mass is 403 g/mol. The molecule has 1 N–H and O–H groups in total. The largest absolute Gasteiger partial charge is 0.412 e. The van der Waals surface area contributed by atoms with Crippen molar-refractivity contribution in [2.75, 3.05) is 31.2 Å². The van der Waals surface area contributed by atoms with Gasteiger partial charge < -0.3 is 19.7 Å². The average molecular weight is 404 g/mol. The number of nitrogens with one attached hydrogen (secondary N) is 1. The van der Waals surface area contributed by atoms with Gasteiger partial charge in [0.25, 0.3) is 0 Å². The normalized spacial score (nSPS) is 14.2. The number of nitrogens with zero attached hydrogens (tertiary/aromatic N) is 2. The summed E-state index contributed by atoms with van der Waals surface area (Å²) in [6.07, 6.45) is -0.499. The van der Waals surface area contributed by atoms with Crippen molar-refractivity contribution in [1.82, 2.24) is 10.3 Å². The Kier molecular flexibility index (Phi) is 6.75. The molecule has 1 aromatic heterocycles. The summed E-state index contributed by atoms with van der Waals surface area (Å²) in [5.74, 6) is 1.55. The van der Waals surface area contributed by atoms with Gasteiger partial charge in [0.2, 0.25) is 0 Å². The number of morpholine rings is 1. The molecule has 0 unspecified atom stereocenters. The third-order valence-electron chi connectivity index (χ3n) is 4.60. The second-order valence-corrected chi connectivity index (χ2v) is 7.57. The van der Waals surface area contributed by atoms with Crippen LogP contribution in [0.15, 0.2) is 30.3 Å². The molecule has 2 aromatic rings. The third-order valence-corrected chi connectivity index (χ3v) is 4.85. The molecule has 3 rings (SSSR count). The van der Waals surface area contributed by atoms with Crippen LogP contribution in [0.2, 0.25) is 5.02 Å². The fraction of sp³-hybridized carbons (Fsp3) is 0.429. The number of halogens is 1. The number of aryl methyl sites for hydroxylation is 1. The minimum absolute atomic E-state index is 0.124. The molecule has 1 saturated heterocycles. The first-order valence-corrected chi connectivity index (χ1v) is 9.86. The van der Waals surface area contributed by atoms with Gasteiger partial charge in [-0.2, -0.15) is 0 Å². The van der Waals surface area contributed by atoms with Gasteiger partial charge in [-0.3, -0.25) is 0 Å². The van der Waals surface area contributed by atoms with E-state index in [-0.39, 0.29) is 5.92 Å². The number of pyridine rings is 1. The minimum atomic E-state index is -0.499. The summed E-state index contributed by atoms with van der Waals surface area (Å²) >= 11 is 5.89. The Hall–Kier alpha value is -2.31. The van der Waals surface area contributed by atoms with Crippen molar-refractivity contribution in [1.29, 1.82) is 0 Å². The Labute approximate surface area is 170 Å². The van der Waals surface area contributed by atoms with Crippen LogP contribution in [0, 0.1) is 6.92 Å². The number of amides is 1. The van der Waals surface area contributed by atoms with Gasteiger partial charge in [0, 0.05) is 24.7 Å². The van der Waals surface area contributed by atoms with Crippen molar-refractivity contribution in [3.05, 3.63) is 52.2 Å². The van der Waals surface area contributed by atoms with Gasteiger partial charge in [0.15, 0.2) is 5.75 Å². The first-order chi connectivity index (χ1) is 13.4. The first kappa shape index (κ1) is 20.4. The molecule has 1 fully saturated rings. The van der Waals surface area contributed by atoms with Crippen LogP contribution in [-0.4, -0.2) is 37.4 Å². The molecule has 0 radical (unpaired) electrons. The van der Waals surface area contributed by atoms with E-state index >= 15 is 0 Å². The smallest absolute Gasteiger partial charge is 0.408 e. The Balaban J connectivity index is 1.72. The van der Waals surface area contributed by atoms with Crippen LogP contribution in [-0.2, 0) is 11.3 Å². The van der Waals surface area contributed by atoms with E-state index in [1.807, 2.05) is 39.0 Å². The number of carbonyl (C=O) groups excluding carboxylic acids is 1. The van der Waals surface area contributed by atoms with Crippen LogP contribution < -0.4 is 15.0 Å². The second-order valence-electron chi connectivity index (χ2n) is 7.14. The Morgan fingerprint density at radius 1 is 1.29 bits per heavy atom. The predicted octanol–water partition coefficient (Wildman–Crippen LogP) is 4.29. The molecular formula is C21H26ClN3O3. The molecule has 1 aliphatic rings. The number of rotatable bonds is 5. The van der Waals surface area contributed by atoms with Crippen molar-refractivity contribution in [3.63, 3.8) is 0 Å². The lowest BCUT2D eigenvalue weighted by Gasteiger charge is -2.29. The predicted molar refractivity (Wildman–Crippen MR) is 110 cm³/mol. The van der Waals surface area contributed by atoms with Crippen LogP contribution in [0.1, 0.15) is 36.6 Å². The van der Waals surface area contributed by atoms with E-state index in [1.54, 1.807) is 12.1 Å². The summed E-state index contributed by atoms with van der Waals surface area (Å²) in [7, 11) is 0. The maximum Gasteiger partial charge on any atom is 0.412 e. The molecule has 1 amide bonds. The quantitative estimate of drug-likeness (QED) is 0.806. The van der Waals surface area contributed by atoms with Gasteiger partial charge in [-0.05, 0) is 42.2 Å². The Morgan fingerprint density at radius 2 is 1.96 bits per heavy atom. The van der Waals surface area contributed by atoms with Crippen LogP contribution in [0.25, 0.3) is 0 Å². The number of anilines is 1. The van der Waals surface area contributed by atoms with Gasteiger partial charge in [-0.1, -0.05) is 37.6 Å². The van der Waals surface area contributed by atoms with Crippen LogP contribution >= 0.6 is 11.6 Å². The first-order valence-electron chi connectivity index (χ1n) is 9.48. The van der Waals surface area contributed by atoms with E-state index in [0.717, 1.165) is 35.7 Å². The number of benzene rings is 1. The lowest BCUT2D eigenvalue weighted by Crippen LogP contribution is -2.37. The molecule has 0 bridgehead atoms. The van der Waals surface area contributed by atoms with Crippen LogP contribution in [0.5, 0.6) is 5.75 Å². The molecule has 0 atom stereocenters. The summed E-state index contributed by atoms with van der Waals surface area (Å²) in [6.45, 7) is 9.42. The average Bonchev–Trinajstić information content (AvgIpc) is 2.69. The van der Waals surface area contributed by atoms with Crippen molar-refractivity contribution in [2.24, 2.45) is 0 Å². The molecule has 1 aliphatic heterocycles. The lowest BCUT2D eigenvalue weighted by atomic mass is 10.1. The van der Waals surface area contributed by atoms with E-state index in [2.05, 4.69) is 10.2 Å². The number of hydrogen-bond donors (Lipinski definition) is 1. The van der Waals surface area contributed by atoms with Gasteiger partial charge in [-0.15, -0.1) is 0 Å². The summed E-state index contributed by atoms with van der Waals surface area (Å²) in [6, 6.07) is 9.29. The molecule has 7 heteroatoms. The van der Waals surface area contributed by atoms with E-state index in [0.29, 0.717) is 30.5 Å².